The minimum absolute atomic E-state index is 0.170. The summed E-state index contributed by atoms with van der Waals surface area (Å²) in [5.41, 5.74) is -1.07. The van der Waals surface area contributed by atoms with Gasteiger partial charge in [-0.2, -0.15) is 0 Å². The second-order valence-electron chi connectivity index (χ2n) is 7.55. The molecule has 0 aromatic rings. The summed E-state index contributed by atoms with van der Waals surface area (Å²) in [5, 5.41) is 9.46. The van der Waals surface area contributed by atoms with Gasteiger partial charge in [-0.25, -0.2) is 0 Å². The van der Waals surface area contributed by atoms with Gasteiger partial charge in [0.25, 0.3) is 0 Å². The van der Waals surface area contributed by atoms with Gasteiger partial charge >= 0.3 is 5.97 Å². The number of carboxylic acids is 1. The van der Waals surface area contributed by atoms with Crippen molar-refractivity contribution in [3.63, 3.8) is 0 Å². The lowest BCUT2D eigenvalue weighted by Gasteiger charge is -2.47. The fraction of sp³-hybridized carbons (Fsp3) is 0.938. The van der Waals surface area contributed by atoms with Crippen LogP contribution in [0.3, 0.4) is 0 Å². The molecule has 2 fully saturated rings. The molecule has 1 atom stereocenters. The van der Waals surface area contributed by atoms with Crippen LogP contribution in [0.1, 0.15) is 66.2 Å². The molecule has 4 nitrogen and oxygen atoms in total. The summed E-state index contributed by atoms with van der Waals surface area (Å²) in [5.74, 6) is -0.719. The second kappa shape index (κ2) is 5.30. The molecule has 2 aliphatic rings. The fourth-order valence-corrected chi connectivity index (χ4v) is 4.37. The number of rotatable bonds is 3. The van der Waals surface area contributed by atoms with Crippen molar-refractivity contribution in [3.05, 3.63) is 0 Å². The number of likely N-dealkylation sites (tertiary alicyclic amines) is 1. The lowest BCUT2D eigenvalue weighted by molar-refractivity contribution is -0.148. The molecule has 4 heteroatoms. The summed E-state index contributed by atoms with van der Waals surface area (Å²) in [6.45, 7) is 10.3. The Labute approximate surface area is 122 Å². The van der Waals surface area contributed by atoms with Crippen LogP contribution in [0.4, 0.5) is 0 Å². The van der Waals surface area contributed by atoms with E-state index in [1.54, 1.807) is 0 Å². The molecule has 0 bridgehead atoms. The molecule has 2 heterocycles. The Morgan fingerprint density at radius 2 is 1.65 bits per heavy atom. The normalized spacial score (nSPS) is 33.8. The largest absolute Gasteiger partial charge is 0.481 e. The standard InChI is InChI=1S/C16H29NO3/c1-14(2)12-16(11-13(18)19,15(3,4)20-14)17-9-7-5-6-8-10-17/h5-12H2,1-4H3,(H,18,19). The van der Waals surface area contributed by atoms with Crippen LogP contribution in [0.5, 0.6) is 0 Å². The van der Waals surface area contributed by atoms with Crippen molar-refractivity contribution >= 4 is 5.97 Å². The number of carboxylic acid groups (broad SMARTS) is 1. The van der Waals surface area contributed by atoms with Gasteiger partial charge in [-0.3, -0.25) is 9.69 Å². The zero-order valence-corrected chi connectivity index (χ0v) is 13.4. The number of aliphatic carboxylic acids is 1. The molecule has 0 aromatic heterocycles. The molecule has 1 unspecified atom stereocenters. The highest BCUT2D eigenvalue weighted by atomic mass is 16.5. The van der Waals surface area contributed by atoms with Crippen molar-refractivity contribution in [1.29, 1.82) is 0 Å². The van der Waals surface area contributed by atoms with Gasteiger partial charge in [-0.1, -0.05) is 12.8 Å². The van der Waals surface area contributed by atoms with Crippen molar-refractivity contribution in [2.24, 2.45) is 0 Å². The van der Waals surface area contributed by atoms with Crippen molar-refractivity contribution in [3.8, 4) is 0 Å². The smallest absolute Gasteiger partial charge is 0.305 e. The van der Waals surface area contributed by atoms with E-state index in [0.29, 0.717) is 0 Å². The van der Waals surface area contributed by atoms with Crippen LogP contribution in [0, 0.1) is 0 Å². The molecule has 0 amide bonds. The first kappa shape index (κ1) is 15.8. The van der Waals surface area contributed by atoms with Crippen LogP contribution in [-0.2, 0) is 9.53 Å². The number of nitrogens with zero attached hydrogens (tertiary/aromatic N) is 1. The first-order valence-electron chi connectivity index (χ1n) is 7.86. The molecule has 116 valence electrons. The predicted octanol–water partition coefficient (Wildman–Crippen LogP) is 3.05. The van der Waals surface area contributed by atoms with Gasteiger partial charge in [0, 0.05) is 0 Å². The van der Waals surface area contributed by atoms with Gasteiger partial charge in [-0.15, -0.1) is 0 Å². The van der Waals surface area contributed by atoms with E-state index in [4.69, 9.17) is 4.74 Å². The summed E-state index contributed by atoms with van der Waals surface area (Å²) >= 11 is 0. The molecular weight excluding hydrogens is 254 g/mol. The first-order chi connectivity index (χ1) is 9.19. The van der Waals surface area contributed by atoms with Crippen molar-refractivity contribution in [2.75, 3.05) is 13.1 Å². The van der Waals surface area contributed by atoms with Crippen LogP contribution in [-0.4, -0.2) is 45.8 Å². The maximum Gasteiger partial charge on any atom is 0.305 e. The van der Waals surface area contributed by atoms with E-state index in [1.807, 2.05) is 0 Å². The third-order valence-corrected chi connectivity index (χ3v) is 5.03. The predicted molar refractivity (Wildman–Crippen MR) is 78.9 cm³/mol. The maximum absolute atomic E-state index is 11.5. The van der Waals surface area contributed by atoms with Crippen molar-refractivity contribution in [1.82, 2.24) is 4.90 Å². The molecule has 1 N–H and O–H groups in total. The summed E-state index contributed by atoms with van der Waals surface area (Å²) in [7, 11) is 0. The van der Waals surface area contributed by atoms with Gasteiger partial charge < -0.3 is 9.84 Å². The minimum atomic E-state index is -0.719. The molecule has 0 spiro atoms. The molecule has 2 rings (SSSR count). The van der Waals surface area contributed by atoms with E-state index < -0.39 is 11.6 Å². The Morgan fingerprint density at radius 3 is 2.05 bits per heavy atom. The molecule has 2 saturated heterocycles. The van der Waals surface area contributed by atoms with E-state index in [0.717, 1.165) is 32.4 Å². The number of hydrogen-bond donors (Lipinski definition) is 1. The second-order valence-corrected chi connectivity index (χ2v) is 7.55. The van der Waals surface area contributed by atoms with Crippen molar-refractivity contribution < 1.29 is 14.6 Å². The van der Waals surface area contributed by atoms with E-state index in [-0.39, 0.29) is 17.6 Å². The average molecular weight is 283 g/mol. The summed E-state index contributed by atoms with van der Waals surface area (Å²) in [6.07, 6.45) is 5.80. The first-order valence-corrected chi connectivity index (χ1v) is 7.86. The van der Waals surface area contributed by atoms with Crippen LogP contribution in [0.2, 0.25) is 0 Å². The Bertz CT molecular complexity index is 370. The Hall–Kier alpha value is -0.610. The summed E-state index contributed by atoms with van der Waals surface area (Å²) < 4.78 is 6.24. The third-order valence-electron chi connectivity index (χ3n) is 5.03. The van der Waals surface area contributed by atoms with Crippen molar-refractivity contribution in [2.45, 2.75) is 83.0 Å². The molecule has 0 aliphatic carbocycles. The van der Waals surface area contributed by atoms with Gasteiger partial charge in [0.2, 0.25) is 0 Å². The Morgan fingerprint density at radius 1 is 1.10 bits per heavy atom. The zero-order chi connectivity index (χ0) is 15.0. The fourth-order valence-electron chi connectivity index (χ4n) is 4.37. The van der Waals surface area contributed by atoms with Gasteiger partial charge in [-0.05, 0) is 60.0 Å². The molecule has 0 saturated carbocycles. The highest BCUT2D eigenvalue weighted by Gasteiger charge is 2.60. The van der Waals surface area contributed by atoms with Crippen LogP contribution >= 0.6 is 0 Å². The number of hydrogen-bond acceptors (Lipinski definition) is 3. The number of carbonyl (C=O) groups is 1. The van der Waals surface area contributed by atoms with Crippen LogP contribution in [0.25, 0.3) is 0 Å². The number of ether oxygens (including phenoxy) is 1. The Balaban J connectivity index is 2.36. The quantitative estimate of drug-likeness (QED) is 0.865. The topological polar surface area (TPSA) is 49.8 Å². The Kier molecular flexibility index (Phi) is 4.18. The lowest BCUT2D eigenvalue weighted by Crippen LogP contribution is -2.60. The van der Waals surface area contributed by atoms with Crippen LogP contribution < -0.4 is 0 Å². The summed E-state index contributed by atoms with van der Waals surface area (Å²) in [6, 6.07) is 0. The van der Waals surface area contributed by atoms with Gasteiger partial charge in [0.1, 0.15) is 0 Å². The maximum atomic E-state index is 11.5. The molecule has 2 aliphatic heterocycles. The molecule has 20 heavy (non-hydrogen) atoms. The zero-order valence-electron chi connectivity index (χ0n) is 13.4. The van der Waals surface area contributed by atoms with Crippen LogP contribution in [0.15, 0.2) is 0 Å². The summed E-state index contributed by atoms with van der Waals surface area (Å²) in [4.78, 5) is 13.9. The van der Waals surface area contributed by atoms with E-state index in [1.165, 1.54) is 12.8 Å². The van der Waals surface area contributed by atoms with E-state index in [2.05, 4.69) is 32.6 Å². The minimum Gasteiger partial charge on any atom is -0.481 e. The van der Waals surface area contributed by atoms with E-state index >= 15 is 0 Å². The third kappa shape index (κ3) is 2.86. The molecule has 0 radical (unpaired) electrons. The van der Waals surface area contributed by atoms with E-state index in [9.17, 15) is 9.90 Å². The molecular formula is C16H29NO3. The van der Waals surface area contributed by atoms with Gasteiger partial charge in [0.05, 0.1) is 23.2 Å². The highest BCUT2D eigenvalue weighted by molar-refractivity contribution is 5.69. The molecule has 0 aromatic carbocycles. The monoisotopic (exact) mass is 283 g/mol. The SMILES string of the molecule is CC1(C)CC(CC(=O)O)(N2CCCCCC2)C(C)(C)O1. The highest BCUT2D eigenvalue weighted by Crippen LogP contribution is 2.50. The lowest BCUT2D eigenvalue weighted by atomic mass is 9.75. The van der Waals surface area contributed by atoms with Gasteiger partial charge in [0.15, 0.2) is 0 Å². The average Bonchev–Trinajstić information content (AvgIpc) is 2.48.